The van der Waals surface area contributed by atoms with Crippen LogP contribution in [0, 0.1) is 23.2 Å². The fourth-order valence-corrected chi connectivity index (χ4v) is 7.78. The highest BCUT2D eigenvalue weighted by Gasteiger charge is 2.56. The molecule has 1 saturated heterocycles. The number of nitrogens with zero attached hydrogens (tertiary/aromatic N) is 3. The Morgan fingerprint density at radius 3 is 2.40 bits per heavy atom. The smallest absolute Gasteiger partial charge is 0.413 e. The Balaban J connectivity index is 1.25. The quantitative estimate of drug-likeness (QED) is 0.142. The van der Waals surface area contributed by atoms with Crippen LogP contribution < -0.4 is 10.6 Å². The van der Waals surface area contributed by atoms with Gasteiger partial charge in [-0.3, -0.25) is 9.59 Å². The molecule has 2 aromatic rings. The number of anilines is 1. The molecule has 3 aliphatic carbocycles. The van der Waals surface area contributed by atoms with Crippen LogP contribution in [0.1, 0.15) is 63.4 Å². The number of fused-ring (bicyclic) bond motifs is 2. The van der Waals surface area contributed by atoms with E-state index in [0.717, 1.165) is 23.6 Å². The van der Waals surface area contributed by atoms with Crippen molar-refractivity contribution in [2.75, 3.05) is 38.3 Å². The van der Waals surface area contributed by atoms with Gasteiger partial charge in [0.25, 0.3) is 5.91 Å². The lowest BCUT2D eigenvalue weighted by atomic mass is 9.45. The summed E-state index contributed by atoms with van der Waals surface area (Å²) in [6.07, 6.45) is 2.40. The second-order valence-corrected chi connectivity index (χ2v) is 14.4. The van der Waals surface area contributed by atoms with E-state index in [2.05, 4.69) is 36.3 Å². The second kappa shape index (κ2) is 14.7. The van der Waals surface area contributed by atoms with Gasteiger partial charge in [-0.25, -0.2) is 9.79 Å². The van der Waals surface area contributed by atoms with Crippen molar-refractivity contribution in [2.24, 2.45) is 28.2 Å². The number of carbonyl (C=O) groups excluding carboxylic acids is 3. The van der Waals surface area contributed by atoms with Crippen LogP contribution in [-0.2, 0) is 20.7 Å². The van der Waals surface area contributed by atoms with E-state index in [1.807, 2.05) is 25.1 Å². The summed E-state index contributed by atoms with van der Waals surface area (Å²) in [5.41, 5.74) is 2.64. The maximum atomic E-state index is 12.9. The Hall–Kier alpha value is -3.50. The van der Waals surface area contributed by atoms with Gasteiger partial charge < -0.3 is 29.9 Å². The minimum Gasteiger partial charge on any atom is -0.428 e. The molecule has 10 nitrogen and oxygen atoms in total. The molecule has 5 atom stereocenters. The standard InChI is InChI=1S/C35H45Cl2N5O5/c1-21-19-41(14-15-42(21)34(45)47-20-46-23(3)43)33(40-31-17-26-16-29(22(31)2)35(26,4)5)39-28-10-7-25(8-11-28)32(44)38-13-12-24-6-9-27(36)18-30(24)37/h6-11,18,21-22,26,29,31H,12-17,19-20H2,1-5H3,(H,38,44)(H,39,40)/t21-,22-,26+,29-,31-/m0/s1. The Morgan fingerprint density at radius 2 is 1.77 bits per heavy atom. The fourth-order valence-electron chi connectivity index (χ4n) is 7.28. The average molecular weight is 687 g/mol. The third kappa shape index (κ3) is 8.15. The summed E-state index contributed by atoms with van der Waals surface area (Å²) in [5, 5.41) is 7.67. The SMILES string of the molecule is CC(=O)OCOC(=O)N1CCN(/C(=N/[C@H]2C[C@H]3C[C@@H]([C@@H]2C)C3(C)C)Nc2ccc(C(=O)NCCc3ccc(Cl)cc3Cl)cc2)C[C@@H]1C. The molecule has 12 heteroatoms. The average Bonchev–Trinajstić information content (AvgIpc) is 3.02. The van der Waals surface area contributed by atoms with Crippen LogP contribution in [0.2, 0.25) is 10.0 Å². The molecule has 2 N–H and O–H groups in total. The highest BCUT2D eigenvalue weighted by atomic mass is 35.5. The minimum atomic E-state index is -0.516. The van der Waals surface area contributed by atoms with Crippen LogP contribution in [0.15, 0.2) is 47.5 Å². The number of benzene rings is 2. The molecule has 254 valence electrons. The van der Waals surface area contributed by atoms with Gasteiger partial charge in [-0.05, 0) is 91.3 Å². The normalized spacial score (nSPS) is 25.0. The fraction of sp³-hybridized carbons (Fsp3) is 0.543. The molecule has 6 rings (SSSR count). The van der Waals surface area contributed by atoms with Crippen LogP contribution in [0.5, 0.6) is 0 Å². The van der Waals surface area contributed by atoms with Crippen LogP contribution in [0.4, 0.5) is 10.5 Å². The summed E-state index contributed by atoms with van der Waals surface area (Å²) in [6.45, 7) is 11.9. The van der Waals surface area contributed by atoms with Gasteiger partial charge in [0, 0.05) is 60.4 Å². The number of ether oxygens (including phenoxy) is 2. The number of halogens is 2. The van der Waals surface area contributed by atoms with Crippen molar-refractivity contribution in [1.29, 1.82) is 0 Å². The molecule has 0 aromatic heterocycles. The maximum Gasteiger partial charge on any atom is 0.413 e. The molecule has 47 heavy (non-hydrogen) atoms. The molecular formula is C35H45Cl2N5O5. The number of aliphatic imine (C=N–C) groups is 1. The summed E-state index contributed by atoms with van der Waals surface area (Å²) in [7, 11) is 0. The number of guanidine groups is 1. The lowest BCUT2D eigenvalue weighted by molar-refractivity contribution is -0.149. The zero-order chi connectivity index (χ0) is 33.9. The molecule has 2 bridgehead atoms. The number of piperazine rings is 1. The van der Waals surface area contributed by atoms with Gasteiger partial charge in [-0.1, -0.05) is 50.0 Å². The zero-order valence-corrected chi connectivity index (χ0v) is 29.2. The van der Waals surface area contributed by atoms with Crippen molar-refractivity contribution in [1.82, 2.24) is 15.1 Å². The highest BCUT2D eigenvalue weighted by molar-refractivity contribution is 6.35. The van der Waals surface area contributed by atoms with Crippen LogP contribution in [0.25, 0.3) is 0 Å². The molecule has 1 heterocycles. The first-order chi connectivity index (χ1) is 22.3. The maximum absolute atomic E-state index is 12.9. The van der Waals surface area contributed by atoms with Crippen LogP contribution in [0.3, 0.4) is 0 Å². The summed E-state index contributed by atoms with van der Waals surface area (Å²) < 4.78 is 9.92. The molecule has 0 spiro atoms. The number of amides is 2. The predicted octanol–water partition coefficient (Wildman–Crippen LogP) is 6.47. The van der Waals surface area contributed by atoms with E-state index in [0.29, 0.717) is 71.4 Å². The van der Waals surface area contributed by atoms with E-state index >= 15 is 0 Å². The monoisotopic (exact) mass is 685 g/mol. The van der Waals surface area contributed by atoms with E-state index in [1.54, 1.807) is 29.2 Å². The number of nitrogens with one attached hydrogen (secondary N) is 2. The van der Waals surface area contributed by atoms with Gasteiger partial charge in [0.1, 0.15) is 0 Å². The van der Waals surface area contributed by atoms with Crippen molar-refractivity contribution in [3.8, 4) is 0 Å². The first kappa shape index (κ1) is 34.8. The number of carbonyl (C=O) groups is 3. The summed E-state index contributed by atoms with van der Waals surface area (Å²) in [5.74, 6) is 1.85. The first-order valence-corrected chi connectivity index (χ1v) is 17.1. The number of hydrogen-bond donors (Lipinski definition) is 2. The molecule has 2 amide bonds. The van der Waals surface area contributed by atoms with E-state index in [1.165, 1.54) is 13.3 Å². The van der Waals surface area contributed by atoms with E-state index < -0.39 is 18.9 Å². The highest BCUT2D eigenvalue weighted by Crippen LogP contribution is 2.61. The molecule has 4 fully saturated rings. The van der Waals surface area contributed by atoms with Gasteiger partial charge in [-0.15, -0.1) is 0 Å². The van der Waals surface area contributed by atoms with Gasteiger partial charge in [0.05, 0.1) is 6.04 Å². The number of esters is 1. The molecule has 0 unspecified atom stereocenters. The molecule has 1 aliphatic heterocycles. The van der Waals surface area contributed by atoms with Gasteiger partial charge in [0.2, 0.25) is 6.79 Å². The van der Waals surface area contributed by atoms with Crippen molar-refractivity contribution in [3.63, 3.8) is 0 Å². The van der Waals surface area contributed by atoms with Crippen molar-refractivity contribution < 1.29 is 23.9 Å². The second-order valence-electron chi connectivity index (χ2n) is 13.6. The van der Waals surface area contributed by atoms with Crippen molar-refractivity contribution in [3.05, 3.63) is 63.6 Å². The Kier molecular flexibility index (Phi) is 10.9. The largest absolute Gasteiger partial charge is 0.428 e. The topological polar surface area (TPSA) is 113 Å². The molecular weight excluding hydrogens is 641 g/mol. The first-order valence-electron chi connectivity index (χ1n) is 16.3. The van der Waals surface area contributed by atoms with Gasteiger partial charge in [0.15, 0.2) is 5.96 Å². The van der Waals surface area contributed by atoms with E-state index in [-0.39, 0.29) is 18.0 Å². The van der Waals surface area contributed by atoms with E-state index in [4.69, 9.17) is 37.7 Å². The third-order valence-corrected chi connectivity index (χ3v) is 10.9. The van der Waals surface area contributed by atoms with Crippen molar-refractivity contribution >= 4 is 52.8 Å². The Bertz CT molecular complexity index is 1500. The lowest BCUT2D eigenvalue weighted by Crippen LogP contribution is -2.58. The summed E-state index contributed by atoms with van der Waals surface area (Å²) >= 11 is 12.3. The van der Waals surface area contributed by atoms with Gasteiger partial charge in [-0.2, -0.15) is 0 Å². The number of rotatable bonds is 8. The van der Waals surface area contributed by atoms with Gasteiger partial charge >= 0.3 is 12.1 Å². The summed E-state index contributed by atoms with van der Waals surface area (Å²) in [4.78, 5) is 45.8. The molecule has 3 saturated carbocycles. The molecule has 2 aromatic carbocycles. The van der Waals surface area contributed by atoms with Crippen LogP contribution >= 0.6 is 23.2 Å². The lowest BCUT2D eigenvalue weighted by Gasteiger charge is -2.61. The molecule has 0 radical (unpaired) electrons. The molecule has 4 aliphatic rings. The zero-order valence-electron chi connectivity index (χ0n) is 27.7. The van der Waals surface area contributed by atoms with E-state index in [9.17, 15) is 14.4 Å². The summed E-state index contributed by atoms with van der Waals surface area (Å²) in [6, 6.07) is 12.7. The minimum absolute atomic E-state index is 0.162. The predicted molar refractivity (Wildman–Crippen MR) is 184 cm³/mol. The Morgan fingerprint density at radius 1 is 1.02 bits per heavy atom. The third-order valence-electron chi connectivity index (χ3n) is 10.3. The Labute approximate surface area is 287 Å². The van der Waals surface area contributed by atoms with Crippen molar-refractivity contribution in [2.45, 2.75) is 66.0 Å². The number of hydrogen-bond acceptors (Lipinski definition) is 6. The van der Waals surface area contributed by atoms with Crippen LogP contribution in [-0.4, -0.2) is 78.8 Å².